The number of hydrogen-bond donors (Lipinski definition) is 0. The van der Waals surface area contributed by atoms with Crippen molar-refractivity contribution in [1.82, 2.24) is 9.78 Å². The molecule has 0 fully saturated rings. The summed E-state index contributed by atoms with van der Waals surface area (Å²) < 4.78 is 17.0. The first-order chi connectivity index (χ1) is 13.7. The molecule has 0 spiro atoms. The Morgan fingerprint density at radius 2 is 1.83 bits per heavy atom. The quantitative estimate of drug-likeness (QED) is 0.307. The van der Waals surface area contributed by atoms with E-state index in [2.05, 4.69) is 31.9 Å². The molecule has 0 aliphatic carbocycles. The lowest BCUT2D eigenvalue weighted by molar-refractivity contribution is -0.00368. The molecule has 1 heterocycles. The largest absolute Gasteiger partial charge is 0.511 e. The van der Waals surface area contributed by atoms with Crippen LogP contribution in [-0.2, 0) is 26.7 Å². The van der Waals surface area contributed by atoms with Crippen molar-refractivity contribution in [1.29, 1.82) is 5.26 Å². The average Bonchev–Trinajstić information content (AvgIpc) is 2.99. The van der Waals surface area contributed by atoms with Gasteiger partial charge in [0, 0.05) is 7.05 Å². The molecule has 7 nitrogen and oxygen atoms in total. The minimum Gasteiger partial charge on any atom is -0.454 e. The van der Waals surface area contributed by atoms with Crippen LogP contribution in [-0.4, -0.2) is 29.3 Å². The van der Waals surface area contributed by atoms with E-state index in [1.54, 1.807) is 24.7 Å². The Hall–Kier alpha value is -3.27. The summed E-state index contributed by atoms with van der Waals surface area (Å²) in [6.07, 6.45) is -0.832. The summed E-state index contributed by atoms with van der Waals surface area (Å²) in [4.78, 5) is 11.4. The van der Waals surface area contributed by atoms with Crippen LogP contribution in [0, 0.1) is 18.3 Å². The number of carbonyl (C=O) groups excluding carboxylic acids is 1. The minimum absolute atomic E-state index is 0.00100. The summed E-state index contributed by atoms with van der Waals surface area (Å²) >= 11 is 0. The first kappa shape index (κ1) is 22.0. The van der Waals surface area contributed by atoms with Crippen molar-refractivity contribution in [3.8, 4) is 6.07 Å². The van der Waals surface area contributed by atoms with Crippen molar-refractivity contribution in [2.75, 3.05) is 13.4 Å². The Labute approximate surface area is 171 Å². The molecule has 2 aromatic rings. The van der Waals surface area contributed by atoms with E-state index in [1.807, 2.05) is 31.2 Å². The van der Waals surface area contributed by atoms with Crippen molar-refractivity contribution < 1.29 is 19.0 Å². The number of ether oxygens (including phenoxy) is 3. The zero-order valence-corrected chi connectivity index (χ0v) is 17.8. The van der Waals surface area contributed by atoms with E-state index in [0.717, 1.165) is 11.3 Å². The van der Waals surface area contributed by atoms with Crippen LogP contribution in [0.5, 0.6) is 0 Å². The first-order valence-electron chi connectivity index (χ1n) is 9.36. The molecule has 0 atom stereocenters. The Bertz CT molecular complexity index is 928. The lowest BCUT2D eigenvalue weighted by Crippen LogP contribution is -2.12. The molecule has 0 amide bonds. The monoisotopic (exact) mass is 397 g/mol. The van der Waals surface area contributed by atoms with Crippen molar-refractivity contribution in [2.24, 2.45) is 7.05 Å². The third-order valence-corrected chi connectivity index (χ3v) is 4.26. The highest BCUT2D eigenvalue weighted by molar-refractivity contribution is 5.94. The van der Waals surface area contributed by atoms with Crippen LogP contribution in [0.3, 0.4) is 0 Å². The van der Waals surface area contributed by atoms with Crippen LogP contribution < -0.4 is 0 Å². The molecular weight excluding hydrogens is 370 g/mol. The number of benzene rings is 1. The van der Waals surface area contributed by atoms with E-state index in [0.29, 0.717) is 16.8 Å². The second kappa shape index (κ2) is 9.28. The third kappa shape index (κ3) is 5.61. The van der Waals surface area contributed by atoms with E-state index in [4.69, 9.17) is 14.2 Å². The summed E-state index contributed by atoms with van der Waals surface area (Å²) in [6, 6.07) is 11.8. The number of aryl methyl sites for hydroxylation is 2. The molecule has 1 aromatic carbocycles. The molecule has 154 valence electrons. The van der Waals surface area contributed by atoms with Gasteiger partial charge in [0.05, 0.1) is 12.3 Å². The van der Waals surface area contributed by atoms with Gasteiger partial charge < -0.3 is 14.2 Å². The summed E-state index contributed by atoms with van der Waals surface area (Å²) in [5, 5.41) is 14.2. The zero-order valence-electron chi connectivity index (χ0n) is 17.8. The lowest BCUT2D eigenvalue weighted by atomic mass is 9.86. The molecule has 0 radical (unpaired) electrons. The maximum Gasteiger partial charge on any atom is 0.511 e. The predicted molar refractivity (Wildman–Crippen MR) is 110 cm³/mol. The summed E-state index contributed by atoms with van der Waals surface area (Å²) in [6.45, 7) is 9.73. The van der Waals surface area contributed by atoms with Crippen molar-refractivity contribution in [3.05, 3.63) is 52.8 Å². The molecule has 0 saturated carbocycles. The van der Waals surface area contributed by atoms with Crippen LogP contribution in [0.15, 0.2) is 30.3 Å². The molecular formula is C22H27N3O4. The molecule has 2 rings (SSSR count). The lowest BCUT2D eigenvalue weighted by Gasteiger charge is -2.19. The minimum atomic E-state index is -0.832. The number of rotatable bonds is 6. The van der Waals surface area contributed by atoms with Crippen LogP contribution in [0.2, 0.25) is 0 Å². The van der Waals surface area contributed by atoms with Gasteiger partial charge in [0.1, 0.15) is 17.3 Å². The van der Waals surface area contributed by atoms with Gasteiger partial charge in [0.15, 0.2) is 5.76 Å². The highest BCUT2D eigenvalue weighted by Crippen LogP contribution is 2.29. The SMILES string of the molecule is CCOC(=O)OCO/C(=C(/C#N)c1ccc(C(C)(C)C)cc1)c1cc(C)nn1C. The molecule has 1 aromatic heterocycles. The Balaban J connectivity index is 2.45. The van der Waals surface area contributed by atoms with Gasteiger partial charge in [0.25, 0.3) is 0 Å². The van der Waals surface area contributed by atoms with Crippen molar-refractivity contribution in [2.45, 2.75) is 40.0 Å². The van der Waals surface area contributed by atoms with Gasteiger partial charge in [-0.05, 0) is 36.5 Å². The van der Waals surface area contributed by atoms with E-state index in [1.165, 1.54) is 0 Å². The van der Waals surface area contributed by atoms with Crippen LogP contribution in [0.1, 0.15) is 50.2 Å². The fourth-order valence-corrected chi connectivity index (χ4v) is 2.78. The second-order valence-corrected chi connectivity index (χ2v) is 7.53. The molecule has 0 bridgehead atoms. The molecule has 0 saturated heterocycles. The number of aromatic nitrogens is 2. The Kier molecular flexibility index (Phi) is 7.05. The maximum atomic E-state index is 11.4. The van der Waals surface area contributed by atoms with Crippen molar-refractivity contribution >= 4 is 17.5 Å². The van der Waals surface area contributed by atoms with Crippen LogP contribution >= 0.6 is 0 Å². The van der Waals surface area contributed by atoms with Gasteiger partial charge in [-0.25, -0.2) is 4.79 Å². The van der Waals surface area contributed by atoms with E-state index in [-0.39, 0.29) is 24.6 Å². The van der Waals surface area contributed by atoms with E-state index in [9.17, 15) is 10.1 Å². The number of carbonyl (C=O) groups is 1. The fourth-order valence-electron chi connectivity index (χ4n) is 2.78. The Morgan fingerprint density at radius 1 is 1.17 bits per heavy atom. The number of allylic oxidation sites excluding steroid dienone is 1. The van der Waals surface area contributed by atoms with Crippen molar-refractivity contribution in [3.63, 3.8) is 0 Å². The Morgan fingerprint density at radius 3 is 2.31 bits per heavy atom. The molecule has 0 unspecified atom stereocenters. The number of hydrogen-bond acceptors (Lipinski definition) is 6. The molecule has 29 heavy (non-hydrogen) atoms. The highest BCUT2D eigenvalue weighted by Gasteiger charge is 2.20. The van der Waals surface area contributed by atoms with Gasteiger partial charge in [0.2, 0.25) is 6.79 Å². The first-order valence-corrected chi connectivity index (χ1v) is 9.36. The van der Waals surface area contributed by atoms with Crippen LogP contribution in [0.25, 0.3) is 11.3 Å². The zero-order chi connectivity index (χ0) is 21.6. The maximum absolute atomic E-state index is 11.4. The molecule has 0 N–H and O–H groups in total. The summed E-state index contributed by atoms with van der Waals surface area (Å²) in [7, 11) is 1.76. The average molecular weight is 397 g/mol. The third-order valence-electron chi connectivity index (χ3n) is 4.26. The second-order valence-electron chi connectivity index (χ2n) is 7.53. The van der Waals surface area contributed by atoms with E-state index < -0.39 is 6.16 Å². The van der Waals surface area contributed by atoms with Crippen LogP contribution in [0.4, 0.5) is 4.79 Å². The molecule has 0 aliphatic heterocycles. The van der Waals surface area contributed by atoms with Gasteiger partial charge in [-0.3, -0.25) is 4.68 Å². The predicted octanol–water partition coefficient (Wildman–Crippen LogP) is 4.57. The standard InChI is InChI=1S/C22H27N3O4/c1-7-27-21(26)29-14-28-20(19-12-15(2)24-25(19)6)18(13-23)16-8-10-17(11-9-16)22(3,4)5/h8-12H,7,14H2,1-6H3/b20-18-. The summed E-state index contributed by atoms with van der Waals surface area (Å²) in [5.74, 6) is 0.281. The fraction of sp³-hybridized carbons (Fsp3) is 0.409. The van der Waals surface area contributed by atoms with Gasteiger partial charge >= 0.3 is 6.16 Å². The van der Waals surface area contributed by atoms with E-state index >= 15 is 0 Å². The van der Waals surface area contributed by atoms with Gasteiger partial charge in [-0.1, -0.05) is 45.0 Å². The smallest absolute Gasteiger partial charge is 0.454 e. The van der Waals surface area contributed by atoms with Gasteiger partial charge in [-0.15, -0.1) is 0 Å². The van der Waals surface area contributed by atoms with Gasteiger partial charge in [-0.2, -0.15) is 10.4 Å². The highest BCUT2D eigenvalue weighted by atomic mass is 16.8. The number of nitrogens with zero attached hydrogens (tertiary/aromatic N) is 3. The normalized spacial score (nSPS) is 12.0. The molecule has 0 aliphatic rings. The number of nitriles is 1. The summed E-state index contributed by atoms with van der Waals surface area (Å²) in [5.41, 5.74) is 3.55. The topological polar surface area (TPSA) is 86.4 Å². The molecule has 7 heteroatoms.